The molecule has 0 saturated carbocycles. The molecule has 20 heavy (non-hydrogen) atoms. The van der Waals surface area contributed by atoms with Crippen LogP contribution in [0, 0.1) is 6.92 Å². The van der Waals surface area contributed by atoms with Crippen LogP contribution in [0.1, 0.15) is 40.4 Å². The van der Waals surface area contributed by atoms with E-state index in [1.165, 1.54) is 16.0 Å². The molecule has 0 aliphatic carbocycles. The third kappa shape index (κ3) is 2.72. The van der Waals surface area contributed by atoms with Gasteiger partial charge in [-0.15, -0.1) is 11.3 Å². The lowest BCUT2D eigenvalue weighted by atomic mass is 10.0. The van der Waals surface area contributed by atoms with Gasteiger partial charge in [-0.05, 0) is 37.1 Å². The van der Waals surface area contributed by atoms with Crippen LogP contribution in [-0.2, 0) is 6.42 Å². The molecule has 3 nitrogen and oxygen atoms in total. The van der Waals surface area contributed by atoms with E-state index in [-0.39, 0.29) is 6.04 Å². The van der Waals surface area contributed by atoms with Crippen LogP contribution in [0.25, 0.3) is 0 Å². The van der Waals surface area contributed by atoms with Crippen molar-refractivity contribution >= 4 is 11.3 Å². The van der Waals surface area contributed by atoms with Gasteiger partial charge in [0.2, 0.25) is 0 Å². The van der Waals surface area contributed by atoms with E-state index in [2.05, 4.69) is 42.3 Å². The van der Waals surface area contributed by atoms with Crippen LogP contribution in [-0.4, -0.2) is 18.1 Å². The van der Waals surface area contributed by atoms with Gasteiger partial charge in [-0.25, -0.2) is 4.98 Å². The summed E-state index contributed by atoms with van der Waals surface area (Å²) in [6.07, 6.45) is 4.14. The molecule has 1 unspecified atom stereocenters. The Morgan fingerprint density at radius 1 is 1.45 bits per heavy atom. The van der Waals surface area contributed by atoms with Crippen LogP contribution in [0.4, 0.5) is 0 Å². The van der Waals surface area contributed by atoms with Crippen molar-refractivity contribution in [1.29, 1.82) is 0 Å². The van der Waals surface area contributed by atoms with Gasteiger partial charge in [0.05, 0.1) is 17.7 Å². The van der Waals surface area contributed by atoms with Crippen LogP contribution in [0.2, 0.25) is 0 Å². The van der Waals surface area contributed by atoms with Gasteiger partial charge in [0.15, 0.2) is 0 Å². The standard InChI is InChI=1S/C16H20N2OS/c1-3-7-17-16(15-10-18-11(2)20-15)13-4-5-14-12(9-13)6-8-19-14/h4-5,9-10,16-17H,3,6-8H2,1-2H3. The summed E-state index contributed by atoms with van der Waals surface area (Å²) in [5, 5.41) is 4.75. The number of ether oxygens (including phenoxy) is 1. The number of hydrogen-bond acceptors (Lipinski definition) is 4. The van der Waals surface area contributed by atoms with Gasteiger partial charge in [0, 0.05) is 17.5 Å². The number of rotatable bonds is 5. The van der Waals surface area contributed by atoms with E-state index in [1.54, 1.807) is 11.3 Å². The van der Waals surface area contributed by atoms with Gasteiger partial charge >= 0.3 is 0 Å². The molecule has 0 bridgehead atoms. The fourth-order valence-electron chi connectivity index (χ4n) is 2.57. The van der Waals surface area contributed by atoms with Gasteiger partial charge in [-0.1, -0.05) is 19.1 Å². The third-order valence-electron chi connectivity index (χ3n) is 3.57. The quantitative estimate of drug-likeness (QED) is 0.914. The first-order valence-corrected chi connectivity index (χ1v) is 8.01. The highest BCUT2D eigenvalue weighted by molar-refractivity contribution is 7.11. The number of nitrogens with one attached hydrogen (secondary N) is 1. The molecule has 2 aromatic rings. The number of fused-ring (bicyclic) bond motifs is 1. The predicted molar refractivity (Wildman–Crippen MR) is 82.6 cm³/mol. The summed E-state index contributed by atoms with van der Waals surface area (Å²) in [6, 6.07) is 6.80. The Balaban J connectivity index is 1.92. The maximum Gasteiger partial charge on any atom is 0.122 e. The second-order valence-electron chi connectivity index (χ2n) is 5.13. The summed E-state index contributed by atoms with van der Waals surface area (Å²) in [6.45, 7) is 6.07. The molecule has 0 spiro atoms. The molecule has 1 aliphatic heterocycles. The van der Waals surface area contributed by atoms with Gasteiger partial charge in [0.1, 0.15) is 5.75 Å². The average Bonchev–Trinajstić information content (AvgIpc) is 3.07. The minimum atomic E-state index is 0.243. The largest absolute Gasteiger partial charge is 0.493 e. The number of hydrogen-bond donors (Lipinski definition) is 1. The number of aryl methyl sites for hydroxylation is 1. The maximum atomic E-state index is 5.59. The van der Waals surface area contributed by atoms with Crippen molar-refractivity contribution in [3.05, 3.63) is 45.4 Å². The molecule has 2 heterocycles. The zero-order valence-corrected chi connectivity index (χ0v) is 12.8. The lowest BCUT2D eigenvalue weighted by Crippen LogP contribution is -2.22. The predicted octanol–water partition coefficient (Wildman–Crippen LogP) is 3.48. The lowest BCUT2D eigenvalue weighted by Gasteiger charge is -2.18. The molecule has 0 radical (unpaired) electrons. The summed E-state index contributed by atoms with van der Waals surface area (Å²) < 4.78 is 5.59. The zero-order valence-electron chi connectivity index (χ0n) is 12.0. The average molecular weight is 288 g/mol. The van der Waals surface area contributed by atoms with Crippen molar-refractivity contribution in [1.82, 2.24) is 10.3 Å². The van der Waals surface area contributed by atoms with Crippen molar-refractivity contribution in [2.75, 3.05) is 13.2 Å². The Kier molecular flexibility index (Phi) is 4.03. The topological polar surface area (TPSA) is 34.1 Å². The van der Waals surface area contributed by atoms with E-state index in [0.29, 0.717) is 0 Å². The number of thiazole rings is 1. The molecular weight excluding hydrogens is 268 g/mol. The third-order valence-corrected chi connectivity index (χ3v) is 4.55. The molecule has 0 saturated heterocycles. The van der Waals surface area contributed by atoms with Gasteiger partial charge in [-0.2, -0.15) is 0 Å². The van der Waals surface area contributed by atoms with Crippen LogP contribution < -0.4 is 10.1 Å². The summed E-state index contributed by atoms with van der Waals surface area (Å²) in [5.41, 5.74) is 2.64. The van der Waals surface area contributed by atoms with Gasteiger partial charge in [0.25, 0.3) is 0 Å². The Labute approximate surface area is 124 Å². The Hall–Kier alpha value is -1.39. The molecule has 0 fully saturated rings. The minimum Gasteiger partial charge on any atom is -0.493 e. The van der Waals surface area contributed by atoms with Crippen molar-refractivity contribution in [3.63, 3.8) is 0 Å². The Morgan fingerprint density at radius 3 is 3.10 bits per heavy atom. The van der Waals surface area contributed by atoms with Crippen molar-refractivity contribution < 1.29 is 4.74 Å². The first-order chi connectivity index (χ1) is 9.78. The highest BCUT2D eigenvalue weighted by Crippen LogP contribution is 2.32. The highest BCUT2D eigenvalue weighted by Gasteiger charge is 2.19. The molecule has 1 N–H and O–H groups in total. The summed E-state index contributed by atoms with van der Waals surface area (Å²) in [5.74, 6) is 1.04. The number of benzene rings is 1. The van der Waals surface area contributed by atoms with Crippen LogP contribution in [0.5, 0.6) is 5.75 Å². The molecule has 1 atom stereocenters. The van der Waals surface area contributed by atoms with Gasteiger partial charge in [-0.3, -0.25) is 0 Å². The second-order valence-corrected chi connectivity index (χ2v) is 6.40. The van der Waals surface area contributed by atoms with E-state index in [0.717, 1.165) is 36.8 Å². The molecule has 1 aromatic heterocycles. The first kappa shape index (κ1) is 13.6. The SMILES string of the molecule is CCCNC(c1ccc2c(c1)CCO2)c1cnc(C)s1. The molecular formula is C16H20N2OS. The first-order valence-electron chi connectivity index (χ1n) is 7.19. The van der Waals surface area contributed by atoms with Crippen molar-refractivity contribution in [2.24, 2.45) is 0 Å². The maximum absolute atomic E-state index is 5.59. The highest BCUT2D eigenvalue weighted by atomic mass is 32.1. The summed E-state index contributed by atoms with van der Waals surface area (Å²) in [4.78, 5) is 5.68. The molecule has 3 rings (SSSR count). The van der Waals surface area contributed by atoms with E-state index in [1.807, 2.05) is 6.20 Å². The van der Waals surface area contributed by atoms with Gasteiger partial charge < -0.3 is 10.1 Å². The molecule has 1 aliphatic rings. The molecule has 4 heteroatoms. The molecule has 0 amide bonds. The summed E-state index contributed by atoms with van der Waals surface area (Å²) in [7, 11) is 0. The Bertz CT molecular complexity index is 594. The Morgan fingerprint density at radius 2 is 2.35 bits per heavy atom. The van der Waals surface area contributed by atoms with E-state index >= 15 is 0 Å². The second kappa shape index (κ2) is 5.94. The van der Waals surface area contributed by atoms with Crippen LogP contribution >= 0.6 is 11.3 Å². The van der Waals surface area contributed by atoms with Crippen molar-refractivity contribution in [3.8, 4) is 5.75 Å². The smallest absolute Gasteiger partial charge is 0.122 e. The molecule has 1 aromatic carbocycles. The van der Waals surface area contributed by atoms with E-state index < -0.39 is 0 Å². The fraction of sp³-hybridized carbons (Fsp3) is 0.438. The lowest BCUT2D eigenvalue weighted by molar-refractivity contribution is 0.357. The van der Waals surface area contributed by atoms with E-state index in [9.17, 15) is 0 Å². The fourth-order valence-corrected chi connectivity index (χ4v) is 3.46. The number of nitrogens with zero attached hydrogens (tertiary/aromatic N) is 1. The minimum absolute atomic E-state index is 0.243. The van der Waals surface area contributed by atoms with Crippen LogP contribution in [0.15, 0.2) is 24.4 Å². The normalized spacial score (nSPS) is 14.9. The monoisotopic (exact) mass is 288 g/mol. The zero-order chi connectivity index (χ0) is 13.9. The molecule has 106 valence electrons. The number of aromatic nitrogens is 1. The van der Waals surface area contributed by atoms with E-state index in [4.69, 9.17) is 4.74 Å². The summed E-state index contributed by atoms with van der Waals surface area (Å²) >= 11 is 1.77. The van der Waals surface area contributed by atoms with Crippen LogP contribution in [0.3, 0.4) is 0 Å². The van der Waals surface area contributed by atoms with Crippen molar-refractivity contribution in [2.45, 2.75) is 32.7 Å².